The van der Waals surface area contributed by atoms with Gasteiger partial charge in [-0.25, -0.2) is 9.97 Å². The molecule has 0 bridgehead atoms. The molecule has 0 aromatic carbocycles. The van der Waals surface area contributed by atoms with Gasteiger partial charge in [0.15, 0.2) is 0 Å². The Hall–Kier alpha value is -1.49. The van der Waals surface area contributed by atoms with Gasteiger partial charge < -0.3 is 10.4 Å². The summed E-state index contributed by atoms with van der Waals surface area (Å²) in [6.07, 6.45) is 6.12. The summed E-state index contributed by atoms with van der Waals surface area (Å²) in [5.41, 5.74) is 0.365. The first-order valence-corrected chi connectivity index (χ1v) is 6.38. The third-order valence-corrected chi connectivity index (χ3v) is 3.40. The molecule has 1 aliphatic rings. The molecule has 0 unspecified atom stereocenters. The Labute approximate surface area is 107 Å². The van der Waals surface area contributed by atoms with Crippen molar-refractivity contribution < 1.29 is 9.90 Å². The molecule has 1 fully saturated rings. The maximum Gasteiger partial charge on any atom is 0.270 e. The van der Waals surface area contributed by atoms with Gasteiger partial charge in [0, 0.05) is 12.2 Å². The fourth-order valence-corrected chi connectivity index (χ4v) is 2.30. The zero-order valence-electron chi connectivity index (χ0n) is 10.6. The molecule has 0 radical (unpaired) electrons. The van der Waals surface area contributed by atoms with E-state index in [1.807, 2.05) is 6.92 Å². The highest BCUT2D eigenvalue weighted by Gasteiger charge is 2.29. The smallest absolute Gasteiger partial charge is 0.270 e. The molecule has 5 heteroatoms. The van der Waals surface area contributed by atoms with Crippen molar-refractivity contribution in [2.24, 2.45) is 0 Å². The van der Waals surface area contributed by atoms with Crippen molar-refractivity contribution in [3.05, 3.63) is 23.8 Å². The molecular formula is C13H19N3O2. The van der Waals surface area contributed by atoms with E-state index in [4.69, 9.17) is 0 Å². The van der Waals surface area contributed by atoms with Crippen molar-refractivity contribution in [1.82, 2.24) is 15.3 Å². The number of amides is 1. The maximum absolute atomic E-state index is 11.9. The van der Waals surface area contributed by atoms with Gasteiger partial charge in [-0.1, -0.05) is 19.3 Å². The molecule has 0 aliphatic heterocycles. The van der Waals surface area contributed by atoms with Crippen LogP contribution in [0.4, 0.5) is 0 Å². The molecule has 1 amide bonds. The van der Waals surface area contributed by atoms with Crippen molar-refractivity contribution in [2.45, 2.75) is 44.6 Å². The summed E-state index contributed by atoms with van der Waals surface area (Å²) in [6, 6.07) is 1.64. The van der Waals surface area contributed by atoms with Crippen molar-refractivity contribution >= 4 is 5.91 Å². The lowest BCUT2D eigenvalue weighted by Gasteiger charge is -2.32. The zero-order valence-corrected chi connectivity index (χ0v) is 10.6. The van der Waals surface area contributed by atoms with Gasteiger partial charge in [-0.3, -0.25) is 4.79 Å². The van der Waals surface area contributed by atoms with E-state index in [0.29, 0.717) is 12.2 Å². The molecule has 0 spiro atoms. The van der Waals surface area contributed by atoms with Gasteiger partial charge >= 0.3 is 0 Å². The monoisotopic (exact) mass is 249 g/mol. The number of aliphatic hydroxyl groups is 1. The molecule has 1 heterocycles. The zero-order chi connectivity index (χ0) is 13.0. The van der Waals surface area contributed by atoms with Crippen LogP contribution in [0.1, 0.15) is 48.3 Å². The molecule has 18 heavy (non-hydrogen) atoms. The first kappa shape index (κ1) is 13.0. The normalized spacial score (nSPS) is 18.3. The topological polar surface area (TPSA) is 75.1 Å². The Morgan fingerprint density at radius 1 is 1.39 bits per heavy atom. The lowest BCUT2D eigenvalue weighted by atomic mass is 9.85. The summed E-state index contributed by atoms with van der Waals surface area (Å²) in [4.78, 5) is 19.7. The van der Waals surface area contributed by atoms with E-state index in [1.54, 1.807) is 6.07 Å². The average Bonchev–Trinajstić information content (AvgIpc) is 2.37. The number of aromatic nitrogens is 2. The van der Waals surface area contributed by atoms with Crippen LogP contribution in [-0.4, -0.2) is 33.1 Å². The van der Waals surface area contributed by atoms with Crippen LogP contribution >= 0.6 is 0 Å². The summed E-state index contributed by atoms with van der Waals surface area (Å²) in [5.74, 6) is -0.250. The summed E-state index contributed by atoms with van der Waals surface area (Å²) >= 11 is 0. The number of nitrogens with one attached hydrogen (secondary N) is 1. The van der Waals surface area contributed by atoms with Gasteiger partial charge in [-0.15, -0.1) is 0 Å². The van der Waals surface area contributed by atoms with E-state index in [-0.39, 0.29) is 5.91 Å². The minimum Gasteiger partial charge on any atom is -0.388 e. The largest absolute Gasteiger partial charge is 0.388 e. The van der Waals surface area contributed by atoms with Crippen molar-refractivity contribution in [3.8, 4) is 0 Å². The fourth-order valence-electron chi connectivity index (χ4n) is 2.30. The van der Waals surface area contributed by atoms with Crippen LogP contribution in [0.25, 0.3) is 0 Å². The minimum atomic E-state index is -0.740. The highest BCUT2D eigenvalue weighted by atomic mass is 16.3. The predicted molar refractivity (Wildman–Crippen MR) is 67.1 cm³/mol. The van der Waals surface area contributed by atoms with Crippen LogP contribution in [0.5, 0.6) is 0 Å². The Morgan fingerprint density at radius 3 is 2.78 bits per heavy atom. The molecule has 1 aromatic heterocycles. The quantitative estimate of drug-likeness (QED) is 0.844. The summed E-state index contributed by atoms with van der Waals surface area (Å²) in [7, 11) is 0. The Kier molecular flexibility index (Phi) is 3.91. The SMILES string of the molecule is Cc1cc(C(=O)NCC2(O)CCCCC2)ncn1. The minimum absolute atomic E-state index is 0.250. The van der Waals surface area contributed by atoms with Gasteiger partial charge in [0.1, 0.15) is 12.0 Å². The Balaban J connectivity index is 1.92. The second-order valence-electron chi connectivity index (χ2n) is 5.01. The van der Waals surface area contributed by atoms with Crippen LogP contribution in [0.3, 0.4) is 0 Å². The van der Waals surface area contributed by atoms with Gasteiger partial charge in [0.25, 0.3) is 5.91 Å². The number of hydrogen-bond donors (Lipinski definition) is 2. The number of rotatable bonds is 3. The summed E-state index contributed by atoms with van der Waals surface area (Å²) < 4.78 is 0. The summed E-state index contributed by atoms with van der Waals surface area (Å²) in [5, 5.41) is 13.0. The molecule has 2 rings (SSSR count). The molecule has 2 N–H and O–H groups in total. The first-order chi connectivity index (χ1) is 8.59. The Morgan fingerprint density at radius 2 is 2.11 bits per heavy atom. The van der Waals surface area contributed by atoms with Gasteiger partial charge in [0.05, 0.1) is 5.60 Å². The van der Waals surface area contributed by atoms with Gasteiger partial charge in [0.2, 0.25) is 0 Å². The van der Waals surface area contributed by atoms with E-state index in [1.165, 1.54) is 12.7 Å². The van der Waals surface area contributed by atoms with Crippen molar-refractivity contribution in [1.29, 1.82) is 0 Å². The molecule has 0 saturated heterocycles. The second kappa shape index (κ2) is 5.44. The van der Waals surface area contributed by atoms with Crippen LogP contribution in [-0.2, 0) is 0 Å². The van der Waals surface area contributed by atoms with Gasteiger partial charge in [-0.05, 0) is 25.8 Å². The Bertz CT molecular complexity index is 428. The van der Waals surface area contributed by atoms with E-state index in [9.17, 15) is 9.90 Å². The number of carbonyl (C=O) groups excluding carboxylic acids is 1. The summed E-state index contributed by atoms with van der Waals surface area (Å²) in [6.45, 7) is 2.11. The third-order valence-electron chi connectivity index (χ3n) is 3.40. The van der Waals surface area contributed by atoms with Gasteiger partial charge in [-0.2, -0.15) is 0 Å². The van der Waals surface area contributed by atoms with Crippen molar-refractivity contribution in [3.63, 3.8) is 0 Å². The lowest BCUT2D eigenvalue weighted by molar-refractivity contribution is 0.00521. The number of nitrogens with zero attached hydrogens (tertiary/aromatic N) is 2. The van der Waals surface area contributed by atoms with E-state index in [2.05, 4.69) is 15.3 Å². The maximum atomic E-state index is 11.9. The average molecular weight is 249 g/mol. The highest BCUT2D eigenvalue weighted by molar-refractivity contribution is 5.92. The van der Waals surface area contributed by atoms with Crippen LogP contribution < -0.4 is 5.32 Å². The molecule has 5 nitrogen and oxygen atoms in total. The highest BCUT2D eigenvalue weighted by Crippen LogP contribution is 2.27. The molecule has 1 aromatic rings. The molecule has 1 aliphatic carbocycles. The predicted octanol–water partition coefficient (Wildman–Crippen LogP) is 1.21. The van der Waals surface area contributed by atoms with E-state index in [0.717, 1.165) is 31.4 Å². The molecule has 0 atom stereocenters. The van der Waals surface area contributed by atoms with E-state index >= 15 is 0 Å². The second-order valence-corrected chi connectivity index (χ2v) is 5.01. The molecular weight excluding hydrogens is 230 g/mol. The molecule has 1 saturated carbocycles. The van der Waals surface area contributed by atoms with Crippen LogP contribution in [0.15, 0.2) is 12.4 Å². The molecule has 98 valence electrons. The third kappa shape index (κ3) is 3.26. The van der Waals surface area contributed by atoms with Crippen LogP contribution in [0, 0.1) is 6.92 Å². The number of hydrogen-bond acceptors (Lipinski definition) is 4. The number of aryl methyl sites for hydroxylation is 1. The van der Waals surface area contributed by atoms with E-state index < -0.39 is 5.60 Å². The van der Waals surface area contributed by atoms with Crippen LogP contribution in [0.2, 0.25) is 0 Å². The fraction of sp³-hybridized carbons (Fsp3) is 0.615. The van der Waals surface area contributed by atoms with Crippen molar-refractivity contribution in [2.75, 3.05) is 6.54 Å². The lowest BCUT2D eigenvalue weighted by Crippen LogP contribution is -2.44. The number of carbonyl (C=O) groups is 1. The standard InChI is InChI=1S/C13H19N3O2/c1-10-7-11(16-9-15-10)12(17)14-8-13(18)5-3-2-4-6-13/h7,9,18H,2-6,8H2,1H3,(H,14,17). The first-order valence-electron chi connectivity index (χ1n) is 6.38.